The molecule has 0 aliphatic carbocycles. The van der Waals surface area contributed by atoms with E-state index in [4.69, 9.17) is 4.74 Å². The number of ether oxygens (including phenoxy) is 1. The minimum absolute atomic E-state index is 0.172. The lowest BCUT2D eigenvalue weighted by atomic mass is 10.2. The van der Waals surface area contributed by atoms with Crippen molar-refractivity contribution in [2.75, 3.05) is 37.7 Å². The molecule has 0 radical (unpaired) electrons. The number of piperazine rings is 1. The standard InChI is InChI=1S/C20H24N4O3S/c1-15-4-6-17(7-5-15)28-16(2)19(26)27-14-18(25)23-10-12-24(13-11-23)20-21-8-3-9-22-20/h3-9,16H,10-14H2,1-2H3/t16-/m1/s1. The molecule has 28 heavy (non-hydrogen) atoms. The molecule has 8 heteroatoms. The molecular formula is C20H24N4O3S. The zero-order valence-electron chi connectivity index (χ0n) is 16.1. The smallest absolute Gasteiger partial charge is 0.319 e. The second-order valence-corrected chi connectivity index (χ2v) is 8.01. The summed E-state index contributed by atoms with van der Waals surface area (Å²) in [5.74, 6) is 0.118. The van der Waals surface area contributed by atoms with Gasteiger partial charge >= 0.3 is 5.97 Å². The highest BCUT2D eigenvalue weighted by atomic mass is 32.2. The number of thioether (sulfide) groups is 1. The van der Waals surface area contributed by atoms with Crippen LogP contribution in [-0.2, 0) is 14.3 Å². The number of carbonyl (C=O) groups excluding carboxylic acids is 2. The summed E-state index contributed by atoms with van der Waals surface area (Å²) in [4.78, 5) is 37.8. The summed E-state index contributed by atoms with van der Waals surface area (Å²) in [6.07, 6.45) is 3.41. The van der Waals surface area contributed by atoms with Gasteiger partial charge in [-0.25, -0.2) is 9.97 Å². The van der Waals surface area contributed by atoms with E-state index in [1.165, 1.54) is 17.3 Å². The predicted molar refractivity (Wildman–Crippen MR) is 108 cm³/mol. The Labute approximate surface area is 169 Å². The molecule has 3 rings (SSSR count). The lowest BCUT2D eigenvalue weighted by molar-refractivity contribution is -0.151. The summed E-state index contributed by atoms with van der Waals surface area (Å²) in [7, 11) is 0. The van der Waals surface area contributed by atoms with E-state index in [9.17, 15) is 9.59 Å². The van der Waals surface area contributed by atoms with Crippen molar-refractivity contribution in [3.8, 4) is 0 Å². The van der Waals surface area contributed by atoms with Crippen molar-refractivity contribution in [3.05, 3.63) is 48.3 Å². The number of nitrogens with zero attached hydrogens (tertiary/aromatic N) is 4. The predicted octanol–water partition coefficient (Wildman–Crippen LogP) is 2.16. The van der Waals surface area contributed by atoms with E-state index >= 15 is 0 Å². The number of aromatic nitrogens is 2. The van der Waals surface area contributed by atoms with Gasteiger partial charge in [-0.05, 0) is 32.0 Å². The number of rotatable bonds is 6. The average Bonchev–Trinajstić information content (AvgIpc) is 2.74. The molecule has 1 atom stereocenters. The van der Waals surface area contributed by atoms with Crippen molar-refractivity contribution in [1.82, 2.24) is 14.9 Å². The monoisotopic (exact) mass is 400 g/mol. The first-order valence-corrected chi connectivity index (χ1v) is 10.1. The molecular weight excluding hydrogens is 376 g/mol. The molecule has 0 spiro atoms. The molecule has 1 aliphatic heterocycles. The van der Waals surface area contributed by atoms with Gasteiger partial charge in [0.2, 0.25) is 5.95 Å². The number of aryl methyl sites for hydroxylation is 1. The maximum Gasteiger partial charge on any atom is 0.319 e. The quantitative estimate of drug-likeness (QED) is 0.543. The van der Waals surface area contributed by atoms with Crippen LogP contribution >= 0.6 is 11.8 Å². The van der Waals surface area contributed by atoms with Crippen LogP contribution in [0.15, 0.2) is 47.6 Å². The Hall–Kier alpha value is -2.61. The summed E-state index contributed by atoms with van der Waals surface area (Å²) in [6, 6.07) is 9.74. The van der Waals surface area contributed by atoms with E-state index < -0.39 is 0 Å². The lowest BCUT2D eigenvalue weighted by Crippen LogP contribution is -2.50. The molecule has 2 heterocycles. The molecule has 148 valence electrons. The number of carbonyl (C=O) groups is 2. The second-order valence-electron chi connectivity index (χ2n) is 6.60. The van der Waals surface area contributed by atoms with Gasteiger partial charge in [0.05, 0.1) is 0 Å². The van der Waals surface area contributed by atoms with Crippen molar-refractivity contribution in [3.63, 3.8) is 0 Å². The maximum atomic E-state index is 12.4. The molecule has 1 amide bonds. The van der Waals surface area contributed by atoms with E-state index in [2.05, 4.69) is 9.97 Å². The summed E-state index contributed by atoms with van der Waals surface area (Å²) in [6.45, 7) is 6.01. The van der Waals surface area contributed by atoms with Crippen LogP contribution in [-0.4, -0.2) is 64.8 Å². The van der Waals surface area contributed by atoms with Gasteiger partial charge in [0.1, 0.15) is 5.25 Å². The van der Waals surface area contributed by atoms with E-state index in [1.807, 2.05) is 36.1 Å². The van der Waals surface area contributed by atoms with Crippen LogP contribution in [0.5, 0.6) is 0 Å². The van der Waals surface area contributed by atoms with Crippen LogP contribution in [0.4, 0.5) is 5.95 Å². The van der Waals surface area contributed by atoms with E-state index in [0.717, 1.165) is 4.90 Å². The number of amides is 1. The van der Waals surface area contributed by atoms with Crippen LogP contribution in [0, 0.1) is 6.92 Å². The van der Waals surface area contributed by atoms with Crippen molar-refractivity contribution in [2.24, 2.45) is 0 Å². The van der Waals surface area contributed by atoms with Gasteiger partial charge < -0.3 is 14.5 Å². The minimum Gasteiger partial charge on any atom is -0.455 e. The average molecular weight is 401 g/mol. The molecule has 2 aromatic rings. The Kier molecular flexibility index (Phi) is 6.86. The minimum atomic E-state index is -0.379. The first-order chi connectivity index (χ1) is 13.5. The molecule has 1 aromatic carbocycles. The number of benzene rings is 1. The fourth-order valence-electron chi connectivity index (χ4n) is 2.82. The fourth-order valence-corrected chi connectivity index (χ4v) is 3.69. The Morgan fingerprint density at radius 1 is 1.11 bits per heavy atom. The van der Waals surface area contributed by atoms with Gasteiger partial charge in [-0.15, -0.1) is 11.8 Å². The van der Waals surface area contributed by atoms with Gasteiger partial charge in [-0.3, -0.25) is 9.59 Å². The largest absolute Gasteiger partial charge is 0.455 e. The molecule has 0 N–H and O–H groups in total. The molecule has 0 unspecified atom stereocenters. The Morgan fingerprint density at radius 2 is 1.75 bits per heavy atom. The molecule has 1 fully saturated rings. The first kappa shape index (κ1) is 20.1. The number of anilines is 1. The topological polar surface area (TPSA) is 75.6 Å². The Morgan fingerprint density at radius 3 is 2.39 bits per heavy atom. The maximum absolute atomic E-state index is 12.4. The van der Waals surface area contributed by atoms with E-state index in [0.29, 0.717) is 32.1 Å². The van der Waals surface area contributed by atoms with Crippen molar-refractivity contribution in [2.45, 2.75) is 24.0 Å². The summed E-state index contributed by atoms with van der Waals surface area (Å²) < 4.78 is 5.24. The number of esters is 1. The van der Waals surface area contributed by atoms with Gasteiger partial charge in [0.15, 0.2) is 6.61 Å². The summed E-state index contributed by atoms with van der Waals surface area (Å²) in [5.41, 5.74) is 1.17. The highest BCUT2D eigenvalue weighted by Crippen LogP contribution is 2.24. The summed E-state index contributed by atoms with van der Waals surface area (Å²) >= 11 is 1.43. The zero-order chi connectivity index (χ0) is 19.9. The molecule has 0 saturated carbocycles. The Bertz CT molecular complexity index is 793. The molecule has 7 nitrogen and oxygen atoms in total. The lowest BCUT2D eigenvalue weighted by Gasteiger charge is -2.34. The second kappa shape index (κ2) is 9.54. The number of hydrogen-bond acceptors (Lipinski definition) is 7. The van der Waals surface area contributed by atoms with Gasteiger partial charge in [0.25, 0.3) is 5.91 Å². The van der Waals surface area contributed by atoms with Crippen molar-refractivity contribution in [1.29, 1.82) is 0 Å². The van der Waals surface area contributed by atoms with Crippen LogP contribution in [0.1, 0.15) is 12.5 Å². The Balaban J connectivity index is 1.41. The van der Waals surface area contributed by atoms with Crippen molar-refractivity contribution < 1.29 is 14.3 Å². The molecule has 1 saturated heterocycles. The van der Waals surface area contributed by atoms with E-state index in [1.54, 1.807) is 30.3 Å². The normalized spacial score (nSPS) is 15.2. The first-order valence-electron chi connectivity index (χ1n) is 9.22. The highest BCUT2D eigenvalue weighted by Gasteiger charge is 2.24. The molecule has 1 aliphatic rings. The third-order valence-corrected chi connectivity index (χ3v) is 5.56. The van der Waals surface area contributed by atoms with Crippen molar-refractivity contribution >= 4 is 29.6 Å². The highest BCUT2D eigenvalue weighted by molar-refractivity contribution is 8.00. The summed E-state index contributed by atoms with van der Waals surface area (Å²) in [5, 5.41) is -0.373. The van der Waals surface area contributed by atoms with Crippen LogP contribution in [0.3, 0.4) is 0 Å². The molecule has 0 bridgehead atoms. The number of hydrogen-bond donors (Lipinski definition) is 0. The molecule has 1 aromatic heterocycles. The van der Waals surface area contributed by atoms with Gasteiger partial charge in [-0.2, -0.15) is 0 Å². The van der Waals surface area contributed by atoms with Crippen LogP contribution < -0.4 is 4.90 Å². The van der Waals surface area contributed by atoms with E-state index in [-0.39, 0.29) is 23.7 Å². The third-order valence-electron chi connectivity index (χ3n) is 4.47. The van der Waals surface area contributed by atoms with Gasteiger partial charge in [-0.1, -0.05) is 17.7 Å². The van der Waals surface area contributed by atoms with Crippen LogP contribution in [0.2, 0.25) is 0 Å². The zero-order valence-corrected chi connectivity index (χ0v) is 16.9. The fraction of sp³-hybridized carbons (Fsp3) is 0.400. The third kappa shape index (κ3) is 5.45. The SMILES string of the molecule is Cc1ccc(S[C@H](C)C(=O)OCC(=O)N2CCN(c3ncccn3)CC2)cc1. The van der Waals surface area contributed by atoms with Gasteiger partial charge in [0, 0.05) is 43.5 Å². The van der Waals surface area contributed by atoms with Crippen LogP contribution in [0.25, 0.3) is 0 Å².